The minimum Gasteiger partial charge on any atom is -0.320 e. The van der Waals surface area contributed by atoms with Gasteiger partial charge in [0, 0.05) is 18.7 Å². The Kier molecular flexibility index (Phi) is 5.35. The maximum Gasteiger partial charge on any atom is 0.244 e. The van der Waals surface area contributed by atoms with Crippen molar-refractivity contribution < 1.29 is 8.42 Å². The molecule has 1 aromatic rings. The van der Waals surface area contributed by atoms with Crippen molar-refractivity contribution in [1.82, 2.24) is 4.31 Å². The van der Waals surface area contributed by atoms with Crippen LogP contribution in [0.3, 0.4) is 0 Å². The zero-order valence-corrected chi connectivity index (χ0v) is 11.5. The van der Waals surface area contributed by atoms with E-state index in [2.05, 4.69) is 11.8 Å². The maximum absolute atomic E-state index is 12.4. The lowest BCUT2D eigenvalue weighted by Gasteiger charge is -2.19. The summed E-state index contributed by atoms with van der Waals surface area (Å²) in [7, 11) is -3.47. The van der Waals surface area contributed by atoms with E-state index in [4.69, 9.17) is 5.73 Å². The van der Waals surface area contributed by atoms with Crippen LogP contribution in [0.1, 0.15) is 19.4 Å². The van der Waals surface area contributed by atoms with E-state index in [-0.39, 0.29) is 11.4 Å². The second-order valence-electron chi connectivity index (χ2n) is 3.59. The largest absolute Gasteiger partial charge is 0.320 e. The van der Waals surface area contributed by atoms with Crippen molar-refractivity contribution in [2.24, 2.45) is 5.73 Å². The van der Waals surface area contributed by atoms with E-state index in [1.165, 1.54) is 4.31 Å². The average Bonchev–Trinajstić information content (AvgIpc) is 2.37. The van der Waals surface area contributed by atoms with Crippen molar-refractivity contribution in [3.8, 4) is 11.8 Å². The van der Waals surface area contributed by atoms with Crippen LogP contribution in [0.2, 0.25) is 0 Å². The molecule has 0 aliphatic rings. The Morgan fingerprint density at radius 2 is 1.83 bits per heavy atom. The number of hydrogen-bond acceptors (Lipinski definition) is 3. The van der Waals surface area contributed by atoms with E-state index < -0.39 is 10.0 Å². The molecule has 0 amide bonds. The molecule has 0 spiro atoms. The van der Waals surface area contributed by atoms with Crippen LogP contribution >= 0.6 is 0 Å². The Labute approximate surface area is 109 Å². The number of nitrogens with two attached hydrogens (primary N) is 1. The minimum absolute atomic E-state index is 0.208. The first kappa shape index (κ1) is 14.7. The van der Waals surface area contributed by atoms with E-state index in [1.807, 2.05) is 13.8 Å². The molecule has 18 heavy (non-hydrogen) atoms. The van der Waals surface area contributed by atoms with Gasteiger partial charge in [0.25, 0.3) is 0 Å². The van der Waals surface area contributed by atoms with Crippen LogP contribution in [0.5, 0.6) is 0 Å². The lowest BCUT2D eigenvalue weighted by Crippen LogP contribution is -2.31. The molecule has 0 saturated heterocycles. The van der Waals surface area contributed by atoms with Crippen molar-refractivity contribution >= 4 is 10.0 Å². The van der Waals surface area contributed by atoms with Crippen molar-refractivity contribution in [1.29, 1.82) is 0 Å². The zero-order chi connectivity index (χ0) is 13.6. The summed E-state index contributed by atoms with van der Waals surface area (Å²) in [5.74, 6) is 5.49. The number of benzene rings is 1. The Morgan fingerprint density at radius 1 is 1.22 bits per heavy atom. The topological polar surface area (TPSA) is 63.4 Å². The van der Waals surface area contributed by atoms with Crippen LogP contribution in [-0.2, 0) is 10.0 Å². The molecule has 5 heteroatoms. The van der Waals surface area contributed by atoms with E-state index >= 15 is 0 Å². The van der Waals surface area contributed by atoms with Gasteiger partial charge in [0.1, 0.15) is 0 Å². The van der Waals surface area contributed by atoms with Crippen LogP contribution in [-0.4, -0.2) is 32.4 Å². The predicted molar refractivity (Wildman–Crippen MR) is 72.5 cm³/mol. The summed E-state index contributed by atoms with van der Waals surface area (Å²) in [5, 5.41) is 0. The van der Waals surface area contributed by atoms with Gasteiger partial charge < -0.3 is 5.73 Å². The number of nitrogens with zero attached hydrogens (tertiary/aromatic N) is 1. The van der Waals surface area contributed by atoms with Gasteiger partial charge in [0.2, 0.25) is 10.0 Å². The molecule has 0 aliphatic carbocycles. The molecule has 1 aromatic carbocycles. The molecule has 0 fully saturated rings. The lowest BCUT2D eigenvalue weighted by molar-refractivity contribution is 0.445. The van der Waals surface area contributed by atoms with Crippen molar-refractivity contribution in [2.45, 2.75) is 18.7 Å². The molecule has 0 aliphatic heterocycles. The fourth-order valence-corrected chi connectivity index (χ4v) is 3.25. The summed E-state index contributed by atoms with van der Waals surface area (Å²) in [6.45, 7) is 4.72. The summed E-state index contributed by atoms with van der Waals surface area (Å²) >= 11 is 0. The lowest BCUT2D eigenvalue weighted by atomic mass is 10.2. The average molecular weight is 266 g/mol. The minimum atomic E-state index is -3.47. The van der Waals surface area contributed by atoms with Gasteiger partial charge in [-0.3, -0.25) is 0 Å². The van der Waals surface area contributed by atoms with E-state index in [9.17, 15) is 8.42 Å². The molecular weight excluding hydrogens is 248 g/mol. The molecule has 1 rings (SSSR count). The smallest absolute Gasteiger partial charge is 0.244 e. The van der Waals surface area contributed by atoms with Crippen molar-refractivity contribution in [3.05, 3.63) is 29.8 Å². The van der Waals surface area contributed by atoms with Crippen molar-refractivity contribution in [2.75, 3.05) is 19.6 Å². The highest BCUT2D eigenvalue weighted by molar-refractivity contribution is 7.89. The Morgan fingerprint density at radius 3 is 2.39 bits per heavy atom. The first-order valence-corrected chi connectivity index (χ1v) is 7.30. The van der Waals surface area contributed by atoms with Gasteiger partial charge in [0.05, 0.1) is 11.4 Å². The summed E-state index contributed by atoms with van der Waals surface area (Å²) < 4.78 is 26.2. The van der Waals surface area contributed by atoms with Crippen LogP contribution in [0.25, 0.3) is 0 Å². The monoisotopic (exact) mass is 266 g/mol. The third-order valence-electron chi connectivity index (χ3n) is 2.54. The summed E-state index contributed by atoms with van der Waals surface area (Å²) in [4.78, 5) is 0.245. The first-order valence-electron chi connectivity index (χ1n) is 5.86. The zero-order valence-electron chi connectivity index (χ0n) is 10.7. The first-order chi connectivity index (χ1) is 8.57. The standard InChI is InChI=1S/C13H18N2O2S/c1-3-15(4-2)18(16,17)13-10-6-5-8-12(13)9-7-11-14/h5-6,8,10H,3-4,11,14H2,1-2H3. The molecule has 0 bridgehead atoms. The molecule has 98 valence electrons. The summed E-state index contributed by atoms with van der Waals surface area (Å²) in [6.07, 6.45) is 0. The predicted octanol–water partition coefficient (Wildman–Crippen LogP) is 1.03. The second kappa shape index (κ2) is 6.55. The molecule has 2 N–H and O–H groups in total. The quantitative estimate of drug-likeness (QED) is 0.828. The third kappa shape index (κ3) is 3.10. The molecule has 0 aromatic heterocycles. The van der Waals surface area contributed by atoms with Gasteiger partial charge in [-0.1, -0.05) is 37.8 Å². The van der Waals surface area contributed by atoms with Gasteiger partial charge in [0.15, 0.2) is 0 Å². The molecule has 0 heterocycles. The fraction of sp³-hybridized carbons (Fsp3) is 0.385. The molecule has 0 unspecified atom stereocenters. The Hall–Kier alpha value is -1.35. The summed E-state index contributed by atoms with van der Waals surface area (Å²) in [6, 6.07) is 6.74. The number of sulfonamides is 1. The van der Waals surface area contributed by atoms with Crippen LogP contribution in [0, 0.1) is 11.8 Å². The SMILES string of the molecule is CCN(CC)S(=O)(=O)c1ccccc1C#CCN. The summed E-state index contributed by atoms with van der Waals surface area (Å²) in [5.41, 5.74) is 5.81. The van der Waals surface area contributed by atoms with E-state index in [0.717, 1.165) is 0 Å². The number of hydrogen-bond donors (Lipinski definition) is 1. The van der Waals surface area contributed by atoms with Crippen LogP contribution < -0.4 is 5.73 Å². The van der Waals surface area contributed by atoms with Gasteiger partial charge in [-0.2, -0.15) is 4.31 Å². The highest BCUT2D eigenvalue weighted by atomic mass is 32.2. The Bertz CT molecular complexity index is 552. The van der Waals surface area contributed by atoms with Gasteiger partial charge >= 0.3 is 0 Å². The van der Waals surface area contributed by atoms with Gasteiger partial charge in [-0.05, 0) is 12.1 Å². The Balaban J connectivity index is 3.32. The van der Waals surface area contributed by atoms with Crippen molar-refractivity contribution in [3.63, 3.8) is 0 Å². The molecular formula is C13H18N2O2S. The number of rotatable bonds is 4. The highest BCUT2D eigenvalue weighted by Gasteiger charge is 2.23. The van der Waals surface area contributed by atoms with Crippen LogP contribution in [0.4, 0.5) is 0 Å². The maximum atomic E-state index is 12.4. The van der Waals surface area contributed by atoms with Gasteiger partial charge in [-0.15, -0.1) is 0 Å². The second-order valence-corrected chi connectivity index (χ2v) is 5.50. The third-order valence-corrected chi connectivity index (χ3v) is 4.64. The van der Waals surface area contributed by atoms with E-state index in [0.29, 0.717) is 18.7 Å². The fourth-order valence-electron chi connectivity index (χ4n) is 1.64. The molecule has 0 atom stereocenters. The normalized spacial score (nSPS) is 11.1. The molecule has 0 radical (unpaired) electrons. The van der Waals surface area contributed by atoms with Crippen LogP contribution in [0.15, 0.2) is 29.2 Å². The molecule has 4 nitrogen and oxygen atoms in total. The highest BCUT2D eigenvalue weighted by Crippen LogP contribution is 2.19. The molecule has 0 saturated carbocycles. The van der Waals surface area contributed by atoms with E-state index in [1.54, 1.807) is 24.3 Å². The van der Waals surface area contributed by atoms with Gasteiger partial charge in [-0.25, -0.2) is 8.42 Å².